The molecule has 0 atom stereocenters. The number of guanidine groups is 1. The number of ether oxygens (including phenoxy) is 3. The summed E-state index contributed by atoms with van der Waals surface area (Å²) in [7, 11) is 0. The molecule has 2 N–H and O–H groups in total. The molecule has 0 aliphatic carbocycles. The molecule has 1 aliphatic heterocycles. The van der Waals surface area contributed by atoms with Crippen molar-refractivity contribution in [3.05, 3.63) is 23.8 Å². The molecule has 0 aromatic heterocycles. The normalized spacial score (nSPS) is 14.6. The molecule has 1 heterocycles. The summed E-state index contributed by atoms with van der Waals surface area (Å²) in [6.07, 6.45) is 1.31. The highest BCUT2D eigenvalue weighted by molar-refractivity contribution is 14.0. The highest BCUT2D eigenvalue weighted by Crippen LogP contribution is 2.30. The molecule has 1 aromatic rings. The molecule has 182 valence electrons. The number of hydrogen-bond donors (Lipinski definition) is 2. The molecule has 1 aliphatic rings. The molecule has 1 saturated heterocycles. The van der Waals surface area contributed by atoms with Gasteiger partial charge in [-0.1, -0.05) is 6.07 Å². The highest BCUT2D eigenvalue weighted by Gasteiger charge is 2.24. The van der Waals surface area contributed by atoms with Crippen LogP contribution >= 0.6 is 24.0 Å². The van der Waals surface area contributed by atoms with Crippen molar-refractivity contribution < 1.29 is 27.8 Å². The van der Waals surface area contributed by atoms with E-state index in [2.05, 4.69) is 20.4 Å². The average Bonchev–Trinajstić information content (AvgIpc) is 2.74. The summed E-state index contributed by atoms with van der Waals surface area (Å²) < 4.78 is 40.1. The number of rotatable bonds is 9. The number of benzene rings is 1. The van der Waals surface area contributed by atoms with E-state index >= 15 is 0 Å². The molecule has 0 radical (unpaired) electrons. The van der Waals surface area contributed by atoms with Crippen molar-refractivity contribution >= 4 is 36.0 Å². The molecule has 1 fully saturated rings. The van der Waals surface area contributed by atoms with Gasteiger partial charge in [-0.3, -0.25) is 0 Å². The third-order valence-corrected chi connectivity index (χ3v) is 4.65. The largest absolute Gasteiger partial charge is 0.490 e. The predicted molar refractivity (Wildman–Crippen MR) is 129 cm³/mol. The summed E-state index contributed by atoms with van der Waals surface area (Å²) in [5, 5.41) is 6.61. The second kappa shape index (κ2) is 14.9. The van der Waals surface area contributed by atoms with Gasteiger partial charge in [-0.05, 0) is 51.3 Å². The molecular weight excluding hydrogens is 537 g/mol. The molecule has 0 unspecified atom stereocenters. The van der Waals surface area contributed by atoms with E-state index < -0.39 is 6.61 Å². The Kier molecular flexibility index (Phi) is 13.0. The fourth-order valence-corrected chi connectivity index (χ4v) is 3.22. The Morgan fingerprint density at radius 3 is 2.50 bits per heavy atom. The van der Waals surface area contributed by atoms with Gasteiger partial charge >= 0.3 is 12.7 Å². The molecule has 1 aromatic carbocycles. The van der Waals surface area contributed by atoms with E-state index in [-0.39, 0.29) is 47.6 Å². The second-order valence-corrected chi connectivity index (χ2v) is 6.89. The zero-order valence-corrected chi connectivity index (χ0v) is 21.1. The van der Waals surface area contributed by atoms with Crippen LogP contribution in [-0.2, 0) is 11.3 Å². The lowest BCUT2D eigenvalue weighted by Crippen LogP contribution is -2.49. The topological polar surface area (TPSA) is 84.4 Å². The third-order valence-electron chi connectivity index (χ3n) is 4.65. The van der Waals surface area contributed by atoms with Crippen molar-refractivity contribution in [2.75, 3.05) is 32.8 Å². The number of carbonyl (C=O) groups is 1. The van der Waals surface area contributed by atoms with Crippen LogP contribution < -0.4 is 20.1 Å². The number of alkyl halides is 2. The van der Waals surface area contributed by atoms with E-state index in [1.54, 1.807) is 30.9 Å². The summed E-state index contributed by atoms with van der Waals surface area (Å²) in [4.78, 5) is 18.1. The Morgan fingerprint density at radius 1 is 1.19 bits per heavy atom. The molecule has 32 heavy (non-hydrogen) atoms. The van der Waals surface area contributed by atoms with Gasteiger partial charge in [0.2, 0.25) is 0 Å². The fraction of sp³-hybridized carbons (Fsp3) is 0.619. The zero-order valence-electron chi connectivity index (χ0n) is 18.7. The first-order valence-electron chi connectivity index (χ1n) is 10.6. The van der Waals surface area contributed by atoms with E-state index in [0.29, 0.717) is 45.4 Å². The van der Waals surface area contributed by atoms with Crippen LogP contribution in [0, 0.1) is 0 Å². The Balaban J connectivity index is 0.00000512. The van der Waals surface area contributed by atoms with E-state index in [0.717, 1.165) is 18.4 Å². The Morgan fingerprint density at radius 2 is 1.91 bits per heavy atom. The van der Waals surface area contributed by atoms with Gasteiger partial charge in [0, 0.05) is 25.7 Å². The van der Waals surface area contributed by atoms with Crippen LogP contribution in [-0.4, -0.2) is 62.5 Å². The zero-order chi connectivity index (χ0) is 22.6. The molecule has 0 spiro atoms. The smallest absolute Gasteiger partial charge is 0.409 e. The van der Waals surface area contributed by atoms with E-state index in [9.17, 15) is 13.6 Å². The maximum Gasteiger partial charge on any atom is 0.409 e. The first-order valence-corrected chi connectivity index (χ1v) is 10.6. The minimum atomic E-state index is -2.91. The van der Waals surface area contributed by atoms with Gasteiger partial charge in [0.25, 0.3) is 0 Å². The first kappa shape index (κ1) is 28.0. The molecule has 0 saturated carbocycles. The maximum atomic E-state index is 12.6. The van der Waals surface area contributed by atoms with Gasteiger partial charge in [-0.15, -0.1) is 24.0 Å². The number of hydrogen-bond acceptors (Lipinski definition) is 5. The standard InChI is InChI=1S/C21H32F2N4O4.HI/c1-4-24-20(26-16-9-11-27(12-10-16)21(28)30-6-3)25-14-15-7-8-17(31-19(22)23)18(13-15)29-5-2;/h7-8,13,16,19H,4-6,9-12,14H2,1-3H3,(H2,24,25,26);1H. The van der Waals surface area contributed by atoms with Crippen LogP contribution in [0.1, 0.15) is 39.2 Å². The first-order chi connectivity index (χ1) is 15.0. The molecule has 0 bridgehead atoms. The van der Waals surface area contributed by atoms with Crippen LogP contribution in [0.3, 0.4) is 0 Å². The second-order valence-electron chi connectivity index (χ2n) is 6.89. The monoisotopic (exact) mass is 570 g/mol. The highest BCUT2D eigenvalue weighted by atomic mass is 127. The number of likely N-dealkylation sites (tertiary alicyclic amines) is 1. The molecule has 1 amide bonds. The van der Waals surface area contributed by atoms with Crippen molar-refractivity contribution in [1.29, 1.82) is 0 Å². The van der Waals surface area contributed by atoms with Crippen LogP contribution in [0.5, 0.6) is 11.5 Å². The van der Waals surface area contributed by atoms with Crippen molar-refractivity contribution in [3.63, 3.8) is 0 Å². The molecule has 2 rings (SSSR count). The van der Waals surface area contributed by atoms with E-state index in [1.807, 2.05) is 6.92 Å². The minimum Gasteiger partial charge on any atom is -0.490 e. The van der Waals surface area contributed by atoms with Crippen molar-refractivity contribution in [1.82, 2.24) is 15.5 Å². The van der Waals surface area contributed by atoms with Crippen LogP contribution in [0.15, 0.2) is 23.2 Å². The van der Waals surface area contributed by atoms with Crippen molar-refractivity contribution in [3.8, 4) is 11.5 Å². The van der Waals surface area contributed by atoms with Crippen LogP contribution in [0.4, 0.5) is 13.6 Å². The van der Waals surface area contributed by atoms with Crippen molar-refractivity contribution in [2.24, 2.45) is 4.99 Å². The summed E-state index contributed by atoms with van der Waals surface area (Å²) in [5.41, 5.74) is 0.805. The van der Waals surface area contributed by atoms with Crippen molar-refractivity contribution in [2.45, 2.75) is 52.8 Å². The molecule has 8 nitrogen and oxygen atoms in total. The summed E-state index contributed by atoms with van der Waals surface area (Å²) >= 11 is 0. The summed E-state index contributed by atoms with van der Waals surface area (Å²) in [6, 6.07) is 4.99. The number of aliphatic imine (C=N–C) groups is 1. The van der Waals surface area contributed by atoms with Gasteiger partial charge in [-0.25, -0.2) is 9.79 Å². The van der Waals surface area contributed by atoms with Crippen LogP contribution in [0.25, 0.3) is 0 Å². The van der Waals surface area contributed by atoms with Crippen LogP contribution in [0.2, 0.25) is 0 Å². The maximum absolute atomic E-state index is 12.6. The third kappa shape index (κ3) is 9.21. The SMILES string of the molecule is CCNC(=NCc1ccc(OC(F)F)c(OCC)c1)NC1CCN(C(=O)OCC)CC1.I. The van der Waals surface area contributed by atoms with Gasteiger partial charge in [0.15, 0.2) is 17.5 Å². The lowest BCUT2D eigenvalue weighted by Gasteiger charge is -2.32. The van der Waals surface area contributed by atoms with E-state index in [1.165, 1.54) is 6.07 Å². The summed E-state index contributed by atoms with van der Waals surface area (Å²) in [6.45, 7) is 5.62. The average molecular weight is 570 g/mol. The molecular formula is C21H33F2IN4O4. The Bertz CT molecular complexity index is 732. The van der Waals surface area contributed by atoms with Gasteiger partial charge in [0.1, 0.15) is 0 Å². The number of piperidine rings is 1. The number of carbonyl (C=O) groups excluding carboxylic acids is 1. The van der Waals surface area contributed by atoms with Gasteiger partial charge < -0.3 is 29.7 Å². The number of nitrogens with one attached hydrogen (secondary N) is 2. The number of nitrogens with zero attached hydrogens (tertiary/aromatic N) is 2. The molecule has 11 heteroatoms. The minimum absolute atomic E-state index is 0. The quantitative estimate of drug-likeness (QED) is 0.266. The number of halogens is 3. The number of amides is 1. The summed E-state index contributed by atoms with van der Waals surface area (Å²) in [5.74, 6) is 0.922. The lowest BCUT2D eigenvalue weighted by atomic mass is 10.1. The van der Waals surface area contributed by atoms with Gasteiger partial charge in [-0.2, -0.15) is 8.78 Å². The predicted octanol–water partition coefficient (Wildman–Crippen LogP) is 3.98. The Labute approximate surface area is 205 Å². The fourth-order valence-electron chi connectivity index (χ4n) is 3.22. The van der Waals surface area contributed by atoms with E-state index in [4.69, 9.17) is 9.47 Å². The van der Waals surface area contributed by atoms with Gasteiger partial charge in [0.05, 0.1) is 19.8 Å². The lowest BCUT2D eigenvalue weighted by molar-refractivity contribution is -0.0514. The Hall–Kier alpha value is -2.05.